The predicted molar refractivity (Wildman–Crippen MR) is 64.6 cm³/mol. The molecule has 0 saturated heterocycles. The number of thiophene rings is 1. The molecule has 0 aliphatic carbocycles. The van der Waals surface area contributed by atoms with Crippen LogP contribution >= 0.6 is 11.3 Å². The van der Waals surface area contributed by atoms with Gasteiger partial charge in [0.1, 0.15) is 0 Å². The Labute approximate surface area is 94.8 Å². The van der Waals surface area contributed by atoms with Crippen LogP contribution in [0.5, 0.6) is 0 Å². The molecule has 4 heteroatoms. The van der Waals surface area contributed by atoms with Crippen molar-refractivity contribution in [3.63, 3.8) is 0 Å². The lowest BCUT2D eigenvalue weighted by Crippen LogP contribution is -2.09. The van der Waals surface area contributed by atoms with Gasteiger partial charge in [0.25, 0.3) is 0 Å². The molecule has 0 saturated carbocycles. The number of unbranched alkanes of at least 4 members (excludes halogenated alkanes) is 1. The lowest BCUT2D eigenvalue weighted by Gasteiger charge is -2.02. The second kappa shape index (κ2) is 7.43. The Morgan fingerprint density at radius 2 is 2.27 bits per heavy atom. The molecule has 84 valence electrons. The standard InChI is InChI=1S/C11H18N2OS/c12-11(13)5-1-2-7-14-8-6-10-4-3-9-15-10/h3-4,9H,1-2,5-8H2,(H3,12,13). The molecule has 0 atom stereocenters. The van der Waals surface area contributed by atoms with E-state index in [1.54, 1.807) is 11.3 Å². The van der Waals surface area contributed by atoms with Gasteiger partial charge in [-0.2, -0.15) is 0 Å². The number of ether oxygens (including phenoxy) is 1. The van der Waals surface area contributed by atoms with Crippen molar-refractivity contribution < 1.29 is 4.74 Å². The summed E-state index contributed by atoms with van der Waals surface area (Å²) in [5, 5.41) is 9.13. The minimum absolute atomic E-state index is 0.272. The Morgan fingerprint density at radius 1 is 1.40 bits per heavy atom. The molecular weight excluding hydrogens is 208 g/mol. The van der Waals surface area contributed by atoms with Gasteiger partial charge in [-0.3, -0.25) is 5.41 Å². The molecule has 1 aromatic heterocycles. The van der Waals surface area contributed by atoms with E-state index in [1.807, 2.05) is 0 Å². The van der Waals surface area contributed by atoms with Gasteiger partial charge in [0.15, 0.2) is 0 Å². The van der Waals surface area contributed by atoms with Crippen molar-refractivity contribution in [3.8, 4) is 0 Å². The van der Waals surface area contributed by atoms with E-state index in [9.17, 15) is 0 Å². The van der Waals surface area contributed by atoms with Crippen LogP contribution in [0, 0.1) is 5.41 Å². The molecule has 0 unspecified atom stereocenters. The fourth-order valence-corrected chi connectivity index (χ4v) is 1.94. The van der Waals surface area contributed by atoms with E-state index in [0.29, 0.717) is 6.42 Å². The Bertz CT molecular complexity index is 272. The third kappa shape index (κ3) is 6.25. The molecule has 0 aliphatic rings. The van der Waals surface area contributed by atoms with Gasteiger partial charge in [-0.1, -0.05) is 6.07 Å². The van der Waals surface area contributed by atoms with Crippen LogP contribution in [0.4, 0.5) is 0 Å². The summed E-state index contributed by atoms with van der Waals surface area (Å²) in [5.74, 6) is 0.272. The zero-order valence-electron chi connectivity index (χ0n) is 8.87. The first-order chi connectivity index (χ1) is 7.29. The summed E-state index contributed by atoms with van der Waals surface area (Å²) in [6.45, 7) is 1.57. The molecule has 0 spiro atoms. The SMILES string of the molecule is N=C(N)CCCCOCCc1cccs1. The number of rotatable bonds is 8. The predicted octanol–water partition coefficient (Wildman–Crippen LogP) is 2.41. The van der Waals surface area contributed by atoms with Gasteiger partial charge < -0.3 is 10.5 Å². The summed E-state index contributed by atoms with van der Waals surface area (Å²) < 4.78 is 5.48. The van der Waals surface area contributed by atoms with Crippen molar-refractivity contribution >= 4 is 17.2 Å². The van der Waals surface area contributed by atoms with Crippen LogP contribution in [0.15, 0.2) is 17.5 Å². The van der Waals surface area contributed by atoms with Crippen molar-refractivity contribution in [3.05, 3.63) is 22.4 Å². The fourth-order valence-electron chi connectivity index (χ4n) is 1.25. The summed E-state index contributed by atoms with van der Waals surface area (Å²) in [6.07, 6.45) is 3.64. The van der Waals surface area contributed by atoms with E-state index >= 15 is 0 Å². The number of hydrogen-bond acceptors (Lipinski definition) is 3. The molecule has 3 nitrogen and oxygen atoms in total. The van der Waals surface area contributed by atoms with Crippen LogP contribution in [0.3, 0.4) is 0 Å². The van der Waals surface area contributed by atoms with E-state index in [1.165, 1.54) is 4.88 Å². The maximum absolute atomic E-state index is 7.04. The van der Waals surface area contributed by atoms with Crippen molar-refractivity contribution in [1.82, 2.24) is 0 Å². The average molecular weight is 226 g/mol. The van der Waals surface area contributed by atoms with Gasteiger partial charge >= 0.3 is 0 Å². The van der Waals surface area contributed by atoms with Gasteiger partial charge in [-0.15, -0.1) is 11.3 Å². The molecule has 15 heavy (non-hydrogen) atoms. The van der Waals surface area contributed by atoms with E-state index < -0.39 is 0 Å². The van der Waals surface area contributed by atoms with Crippen LogP contribution in [0.1, 0.15) is 24.1 Å². The van der Waals surface area contributed by atoms with Crippen LogP contribution in [0.2, 0.25) is 0 Å². The highest BCUT2D eigenvalue weighted by molar-refractivity contribution is 7.09. The summed E-state index contributed by atoms with van der Waals surface area (Å²) in [7, 11) is 0. The first kappa shape index (κ1) is 12.2. The molecule has 0 aromatic carbocycles. The largest absolute Gasteiger partial charge is 0.388 e. The highest BCUT2D eigenvalue weighted by Crippen LogP contribution is 2.08. The van der Waals surface area contributed by atoms with Crippen molar-refractivity contribution in [2.75, 3.05) is 13.2 Å². The molecule has 0 amide bonds. The van der Waals surface area contributed by atoms with E-state index in [2.05, 4.69) is 17.5 Å². The number of nitrogens with two attached hydrogens (primary N) is 1. The first-order valence-electron chi connectivity index (χ1n) is 5.22. The Hall–Kier alpha value is -0.870. The Morgan fingerprint density at radius 3 is 2.93 bits per heavy atom. The number of hydrogen-bond donors (Lipinski definition) is 2. The van der Waals surface area contributed by atoms with Crippen LogP contribution in [-0.2, 0) is 11.2 Å². The van der Waals surface area contributed by atoms with Crippen molar-refractivity contribution in [2.24, 2.45) is 5.73 Å². The molecular formula is C11H18N2OS. The molecule has 0 radical (unpaired) electrons. The second-order valence-electron chi connectivity index (χ2n) is 3.42. The molecule has 0 bridgehead atoms. The fraction of sp³-hybridized carbons (Fsp3) is 0.545. The molecule has 3 N–H and O–H groups in total. The molecule has 1 heterocycles. The minimum atomic E-state index is 0.272. The van der Waals surface area contributed by atoms with E-state index in [0.717, 1.165) is 32.5 Å². The van der Waals surface area contributed by atoms with Crippen LogP contribution < -0.4 is 5.73 Å². The van der Waals surface area contributed by atoms with Gasteiger partial charge in [0.05, 0.1) is 12.4 Å². The monoisotopic (exact) mass is 226 g/mol. The van der Waals surface area contributed by atoms with Crippen LogP contribution in [-0.4, -0.2) is 19.0 Å². The maximum Gasteiger partial charge on any atom is 0.0905 e. The van der Waals surface area contributed by atoms with E-state index in [4.69, 9.17) is 15.9 Å². The number of nitrogens with one attached hydrogen (secondary N) is 1. The topological polar surface area (TPSA) is 59.1 Å². The summed E-state index contributed by atoms with van der Waals surface area (Å²) in [4.78, 5) is 1.37. The van der Waals surface area contributed by atoms with Crippen molar-refractivity contribution in [2.45, 2.75) is 25.7 Å². The first-order valence-corrected chi connectivity index (χ1v) is 6.10. The third-order valence-electron chi connectivity index (χ3n) is 2.06. The van der Waals surface area contributed by atoms with Gasteiger partial charge in [-0.25, -0.2) is 0 Å². The second-order valence-corrected chi connectivity index (χ2v) is 4.46. The zero-order valence-corrected chi connectivity index (χ0v) is 9.69. The van der Waals surface area contributed by atoms with E-state index in [-0.39, 0.29) is 5.84 Å². The van der Waals surface area contributed by atoms with Crippen molar-refractivity contribution in [1.29, 1.82) is 5.41 Å². The minimum Gasteiger partial charge on any atom is -0.388 e. The molecule has 0 fully saturated rings. The summed E-state index contributed by atoms with van der Waals surface area (Å²) in [5.41, 5.74) is 5.24. The summed E-state index contributed by atoms with van der Waals surface area (Å²) in [6, 6.07) is 4.19. The molecule has 0 aliphatic heterocycles. The summed E-state index contributed by atoms with van der Waals surface area (Å²) >= 11 is 1.77. The highest BCUT2D eigenvalue weighted by Gasteiger charge is 1.95. The third-order valence-corrected chi connectivity index (χ3v) is 2.99. The molecule has 1 aromatic rings. The average Bonchev–Trinajstić information content (AvgIpc) is 2.68. The van der Waals surface area contributed by atoms with Gasteiger partial charge in [-0.05, 0) is 24.3 Å². The quantitative estimate of drug-likeness (QED) is 0.406. The lowest BCUT2D eigenvalue weighted by atomic mass is 10.2. The Kier molecular flexibility index (Phi) is 6.04. The highest BCUT2D eigenvalue weighted by atomic mass is 32.1. The lowest BCUT2D eigenvalue weighted by molar-refractivity contribution is 0.134. The maximum atomic E-state index is 7.04. The van der Waals surface area contributed by atoms with Gasteiger partial charge in [0, 0.05) is 24.3 Å². The molecule has 1 rings (SSSR count). The Balaban J connectivity index is 1.87. The van der Waals surface area contributed by atoms with Crippen LogP contribution in [0.25, 0.3) is 0 Å². The smallest absolute Gasteiger partial charge is 0.0905 e. The normalized spacial score (nSPS) is 10.4. The van der Waals surface area contributed by atoms with Gasteiger partial charge in [0.2, 0.25) is 0 Å². The number of amidine groups is 1. The zero-order chi connectivity index (χ0) is 10.9.